The molecule has 1 fully saturated rings. The fourth-order valence-corrected chi connectivity index (χ4v) is 5.03. The normalized spacial score (nSPS) is 18.2. The largest absolute Gasteiger partial charge is 0.350 e. The van der Waals surface area contributed by atoms with Gasteiger partial charge in [0.2, 0.25) is 5.91 Å². The Morgan fingerprint density at radius 2 is 1.87 bits per heavy atom. The topological polar surface area (TPSA) is 56.1 Å². The second kappa shape index (κ2) is 9.45. The van der Waals surface area contributed by atoms with E-state index in [0.29, 0.717) is 6.42 Å². The highest BCUT2D eigenvalue weighted by Crippen LogP contribution is 2.32. The van der Waals surface area contributed by atoms with Crippen LogP contribution in [0.1, 0.15) is 60.8 Å². The monoisotopic (exact) mass is 401 g/mol. The Morgan fingerprint density at radius 1 is 1.07 bits per heavy atom. The second-order valence-electron chi connectivity index (χ2n) is 8.92. The lowest BCUT2D eigenvalue weighted by Gasteiger charge is -2.40. The Kier molecular flexibility index (Phi) is 6.50. The molecule has 0 atom stereocenters. The summed E-state index contributed by atoms with van der Waals surface area (Å²) in [5, 5.41) is 12.6. The van der Waals surface area contributed by atoms with Crippen molar-refractivity contribution in [2.45, 2.75) is 63.5 Å². The molecule has 1 aliphatic carbocycles. The molecule has 0 bridgehead atoms. The first-order chi connectivity index (χ1) is 14.7. The molecule has 30 heavy (non-hydrogen) atoms. The Hall–Kier alpha value is -2.64. The van der Waals surface area contributed by atoms with Crippen LogP contribution in [0, 0.1) is 11.3 Å². The highest BCUT2D eigenvalue weighted by atomic mass is 16.1. The zero-order valence-corrected chi connectivity index (χ0v) is 17.7. The maximum atomic E-state index is 12.8. The number of fused-ring (bicyclic) bond motifs is 1. The van der Waals surface area contributed by atoms with Crippen LogP contribution in [-0.2, 0) is 24.2 Å². The first-order valence-corrected chi connectivity index (χ1v) is 11.3. The number of hydrogen-bond acceptors (Lipinski definition) is 3. The van der Waals surface area contributed by atoms with Crippen LogP contribution < -0.4 is 5.32 Å². The minimum atomic E-state index is -0.0605. The summed E-state index contributed by atoms with van der Waals surface area (Å²) in [6.45, 7) is 2.97. The van der Waals surface area contributed by atoms with Gasteiger partial charge in [0.05, 0.1) is 18.1 Å². The third-order valence-corrected chi connectivity index (χ3v) is 6.76. The maximum absolute atomic E-state index is 12.8. The van der Waals surface area contributed by atoms with Gasteiger partial charge >= 0.3 is 0 Å². The first kappa shape index (κ1) is 20.6. The molecule has 0 radical (unpaired) electrons. The van der Waals surface area contributed by atoms with Gasteiger partial charge in [-0.2, -0.15) is 5.26 Å². The van der Waals surface area contributed by atoms with Crippen LogP contribution in [0.2, 0.25) is 0 Å². The number of carbonyl (C=O) groups excluding carboxylic acids is 1. The number of nitrogens with one attached hydrogen (secondary N) is 1. The Bertz CT molecular complexity index is 910. The molecule has 0 spiro atoms. The third-order valence-electron chi connectivity index (χ3n) is 6.76. The van der Waals surface area contributed by atoms with Gasteiger partial charge in [0, 0.05) is 25.2 Å². The average molecular weight is 402 g/mol. The van der Waals surface area contributed by atoms with Gasteiger partial charge < -0.3 is 5.32 Å². The summed E-state index contributed by atoms with van der Waals surface area (Å²) in [6.07, 6.45) is 8.32. The Balaban J connectivity index is 1.37. The summed E-state index contributed by atoms with van der Waals surface area (Å²) in [7, 11) is 0. The minimum Gasteiger partial charge on any atom is -0.350 e. The van der Waals surface area contributed by atoms with E-state index in [1.54, 1.807) is 0 Å². The molecular weight excluding hydrogens is 370 g/mol. The van der Waals surface area contributed by atoms with E-state index in [9.17, 15) is 4.79 Å². The van der Waals surface area contributed by atoms with Crippen molar-refractivity contribution in [3.63, 3.8) is 0 Å². The molecule has 2 aromatic carbocycles. The standard InChI is InChI=1S/C26H31N3O/c27-19-22-9-10-24-20-29(15-11-23(24)17-22)16-14-26(12-5-2-6-13-26)28-25(30)18-21-7-3-1-4-8-21/h1,3-4,7-10,17H,2,5-6,11-16,18,20H2,(H,28,30). The smallest absolute Gasteiger partial charge is 0.224 e. The molecule has 1 saturated carbocycles. The van der Waals surface area contributed by atoms with Gasteiger partial charge in [0.1, 0.15) is 0 Å². The number of benzene rings is 2. The SMILES string of the molecule is N#Cc1ccc2c(c1)CCN(CCC1(NC(=O)Cc3ccccc3)CCCCC1)C2. The quantitative estimate of drug-likeness (QED) is 0.782. The van der Waals surface area contributed by atoms with Crippen LogP contribution in [0.15, 0.2) is 48.5 Å². The summed E-state index contributed by atoms with van der Waals surface area (Å²) in [5.41, 5.74) is 4.42. The van der Waals surface area contributed by atoms with Crippen molar-refractivity contribution in [3.8, 4) is 6.07 Å². The third kappa shape index (κ3) is 5.09. The molecule has 1 aliphatic heterocycles. The molecular formula is C26H31N3O. The molecule has 1 heterocycles. The van der Waals surface area contributed by atoms with E-state index in [1.807, 2.05) is 42.5 Å². The molecule has 0 aromatic heterocycles. The number of nitrogens with zero attached hydrogens (tertiary/aromatic N) is 2. The van der Waals surface area contributed by atoms with Crippen LogP contribution in [0.25, 0.3) is 0 Å². The fourth-order valence-electron chi connectivity index (χ4n) is 5.03. The van der Waals surface area contributed by atoms with Crippen molar-refractivity contribution < 1.29 is 4.79 Å². The van der Waals surface area contributed by atoms with Crippen molar-refractivity contribution in [2.24, 2.45) is 0 Å². The van der Waals surface area contributed by atoms with Crippen molar-refractivity contribution in [2.75, 3.05) is 13.1 Å². The van der Waals surface area contributed by atoms with E-state index in [2.05, 4.69) is 22.4 Å². The zero-order chi connectivity index (χ0) is 20.8. The zero-order valence-electron chi connectivity index (χ0n) is 17.7. The molecule has 156 valence electrons. The van der Waals surface area contributed by atoms with E-state index < -0.39 is 0 Å². The van der Waals surface area contributed by atoms with Crippen LogP contribution in [0.5, 0.6) is 0 Å². The van der Waals surface area contributed by atoms with Crippen LogP contribution in [0.4, 0.5) is 0 Å². The molecule has 0 unspecified atom stereocenters. The second-order valence-corrected chi connectivity index (χ2v) is 8.92. The summed E-state index contributed by atoms with van der Waals surface area (Å²) in [4.78, 5) is 15.3. The van der Waals surface area contributed by atoms with Crippen molar-refractivity contribution in [1.29, 1.82) is 5.26 Å². The van der Waals surface area contributed by atoms with Gasteiger partial charge in [-0.3, -0.25) is 9.69 Å². The van der Waals surface area contributed by atoms with Gasteiger partial charge in [-0.05, 0) is 54.5 Å². The summed E-state index contributed by atoms with van der Waals surface area (Å²) >= 11 is 0. The predicted octanol–water partition coefficient (Wildman–Crippen LogP) is 4.37. The van der Waals surface area contributed by atoms with E-state index >= 15 is 0 Å². The molecule has 4 heteroatoms. The lowest BCUT2D eigenvalue weighted by Crippen LogP contribution is -2.52. The van der Waals surface area contributed by atoms with E-state index in [4.69, 9.17) is 5.26 Å². The summed E-state index contributed by atoms with van der Waals surface area (Å²) < 4.78 is 0. The lowest BCUT2D eigenvalue weighted by atomic mass is 9.78. The number of carbonyl (C=O) groups is 1. The minimum absolute atomic E-state index is 0.0605. The van der Waals surface area contributed by atoms with Gasteiger partial charge in [-0.15, -0.1) is 0 Å². The molecule has 0 saturated heterocycles. The number of amides is 1. The molecule has 2 aliphatic rings. The Labute approximate surface area is 179 Å². The van der Waals surface area contributed by atoms with E-state index in [1.165, 1.54) is 30.4 Å². The number of hydrogen-bond donors (Lipinski definition) is 1. The van der Waals surface area contributed by atoms with E-state index in [0.717, 1.165) is 56.4 Å². The lowest BCUT2D eigenvalue weighted by molar-refractivity contribution is -0.123. The molecule has 1 N–H and O–H groups in total. The van der Waals surface area contributed by atoms with Gasteiger partial charge in [-0.1, -0.05) is 55.7 Å². The van der Waals surface area contributed by atoms with Crippen LogP contribution in [0.3, 0.4) is 0 Å². The van der Waals surface area contributed by atoms with Crippen molar-refractivity contribution >= 4 is 5.91 Å². The van der Waals surface area contributed by atoms with Gasteiger partial charge in [-0.25, -0.2) is 0 Å². The molecule has 2 aromatic rings. The summed E-state index contributed by atoms with van der Waals surface area (Å²) in [6, 6.07) is 18.3. The van der Waals surface area contributed by atoms with Gasteiger partial charge in [0.25, 0.3) is 0 Å². The average Bonchev–Trinajstić information content (AvgIpc) is 2.78. The maximum Gasteiger partial charge on any atom is 0.224 e. The van der Waals surface area contributed by atoms with Crippen molar-refractivity contribution in [3.05, 3.63) is 70.8 Å². The highest BCUT2D eigenvalue weighted by molar-refractivity contribution is 5.79. The highest BCUT2D eigenvalue weighted by Gasteiger charge is 2.34. The van der Waals surface area contributed by atoms with Gasteiger partial charge in [0.15, 0.2) is 0 Å². The fraction of sp³-hybridized carbons (Fsp3) is 0.462. The van der Waals surface area contributed by atoms with Crippen LogP contribution >= 0.6 is 0 Å². The Morgan fingerprint density at radius 3 is 2.63 bits per heavy atom. The van der Waals surface area contributed by atoms with E-state index in [-0.39, 0.29) is 11.4 Å². The molecule has 4 nitrogen and oxygen atoms in total. The molecule has 1 amide bonds. The molecule has 4 rings (SSSR count). The summed E-state index contributed by atoms with van der Waals surface area (Å²) in [5.74, 6) is 0.149. The predicted molar refractivity (Wildman–Crippen MR) is 119 cm³/mol. The number of nitriles is 1. The first-order valence-electron chi connectivity index (χ1n) is 11.3. The number of rotatable bonds is 6. The van der Waals surface area contributed by atoms with Crippen LogP contribution in [-0.4, -0.2) is 29.4 Å². The van der Waals surface area contributed by atoms with Crippen molar-refractivity contribution in [1.82, 2.24) is 10.2 Å².